The lowest BCUT2D eigenvalue weighted by atomic mass is 10.3. The van der Waals surface area contributed by atoms with Crippen LogP contribution in [0.4, 0.5) is 5.69 Å². The fraction of sp³-hybridized carbons (Fsp3) is 0. The van der Waals surface area contributed by atoms with E-state index in [1.165, 1.54) is 18.2 Å². The molecule has 0 aliphatic carbocycles. The van der Waals surface area contributed by atoms with Gasteiger partial charge in [-0.3, -0.25) is 10.1 Å². The smallest absolute Gasteiger partial charge is 0.270 e. The molecule has 0 heterocycles. The lowest BCUT2D eigenvalue weighted by molar-refractivity contribution is -0.385. The minimum Gasteiger partial charge on any atom is -0.304 e. The van der Waals surface area contributed by atoms with Gasteiger partial charge in [-0.25, -0.2) is 0 Å². The highest BCUT2D eigenvalue weighted by molar-refractivity contribution is 8.19. The number of nitro groups is 1. The molecule has 3 N–H and O–H groups in total. The predicted molar refractivity (Wildman–Crippen MR) is 46.8 cm³/mol. The molecule has 1 aromatic rings. The second-order valence-electron chi connectivity index (χ2n) is 2.27. The van der Waals surface area contributed by atoms with Crippen LogP contribution in [0.1, 0.15) is 0 Å². The number of non-ortho nitro benzene ring substituents is 1. The highest BCUT2D eigenvalue weighted by atomic mass is 32.3. The number of hydrogen-bond donors (Lipinski definition) is 3. The molecule has 0 aliphatic heterocycles. The number of hydrogen-bond acceptors (Lipinski definition) is 5. The summed E-state index contributed by atoms with van der Waals surface area (Å²) >= 11 is 0. The molecule has 0 fully saturated rings. The van der Waals surface area contributed by atoms with E-state index in [1.54, 1.807) is 0 Å². The summed E-state index contributed by atoms with van der Waals surface area (Å²) in [5.74, 6) is 0. The van der Waals surface area contributed by atoms with E-state index >= 15 is 0 Å². The first-order chi connectivity index (χ1) is 5.91. The summed E-state index contributed by atoms with van der Waals surface area (Å²) in [6.07, 6.45) is 0. The van der Waals surface area contributed by atoms with Crippen molar-refractivity contribution in [3.05, 3.63) is 34.4 Å². The van der Waals surface area contributed by atoms with Gasteiger partial charge in [-0.1, -0.05) is 6.07 Å². The maximum Gasteiger partial charge on any atom is 0.270 e. The SMILES string of the molecule is O=[N+]([O-])c1cccc(S(O)(O)O)c1. The number of nitrogens with zero attached hydrogens (tertiary/aromatic N) is 1. The van der Waals surface area contributed by atoms with Gasteiger partial charge in [0.05, 0.1) is 9.82 Å². The molecule has 0 radical (unpaired) electrons. The van der Waals surface area contributed by atoms with Gasteiger partial charge in [-0.2, -0.15) is 0 Å². The van der Waals surface area contributed by atoms with Crippen LogP contribution in [0, 0.1) is 10.1 Å². The zero-order valence-electron chi connectivity index (χ0n) is 6.32. The zero-order valence-corrected chi connectivity index (χ0v) is 7.14. The highest BCUT2D eigenvalue weighted by Crippen LogP contribution is 2.44. The van der Waals surface area contributed by atoms with E-state index < -0.39 is 15.8 Å². The third-order valence-corrected chi connectivity index (χ3v) is 2.23. The van der Waals surface area contributed by atoms with Crippen LogP contribution < -0.4 is 0 Å². The Balaban J connectivity index is 3.13. The van der Waals surface area contributed by atoms with Crippen molar-refractivity contribution >= 4 is 16.6 Å². The van der Waals surface area contributed by atoms with E-state index in [4.69, 9.17) is 13.7 Å². The van der Waals surface area contributed by atoms with Crippen molar-refractivity contribution in [2.45, 2.75) is 4.90 Å². The van der Waals surface area contributed by atoms with Crippen LogP contribution in [0.25, 0.3) is 0 Å². The Hall–Kier alpha value is -1.15. The average Bonchev–Trinajstić information content (AvgIpc) is 2.03. The van der Waals surface area contributed by atoms with Crippen molar-refractivity contribution in [3.8, 4) is 0 Å². The minimum absolute atomic E-state index is 0.262. The Morgan fingerprint density at radius 3 is 2.38 bits per heavy atom. The van der Waals surface area contributed by atoms with Crippen molar-refractivity contribution in [2.75, 3.05) is 0 Å². The Morgan fingerprint density at radius 1 is 1.31 bits per heavy atom. The average molecular weight is 205 g/mol. The van der Waals surface area contributed by atoms with Gasteiger partial charge in [0.2, 0.25) is 0 Å². The highest BCUT2D eigenvalue weighted by Gasteiger charge is 2.18. The molecule has 1 aromatic carbocycles. The largest absolute Gasteiger partial charge is 0.304 e. The molecular formula is C6H7NO5S. The van der Waals surface area contributed by atoms with Gasteiger partial charge in [0.1, 0.15) is 10.9 Å². The van der Waals surface area contributed by atoms with Crippen molar-refractivity contribution in [1.82, 2.24) is 0 Å². The van der Waals surface area contributed by atoms with Crippen molar-refractivity contribution in [2.24, 2.45) is 0 Å². The van der Waals surface area contributed by atoms with E-state index in [1.807, 2.05) is 0 Å². The summed E-state index contributed by atoms with van der Waals surface area (Å²) in [5.41, 5.74) is -0.300. The maximum absolute atomic E-state index is 10.3. The van der Waals surface area contributed by atoms with Crippen LogP contribution >= 0.6 is 10.9 Å². The Kier molecular flexibility index (Phi) is 2.52. The van der Waals surface area contributed by atoms with Gasteiger partial charge in [0.25, 0.3) is 5.69 Å². The molecule has 0 saturated heterocycles. The van der Waals surface area contributed by atoms with Gasteiger partial charge in [-0.15, -0.1) is 0 Å². The first-order valence-corrected chi connectivity index (χ1v) is 4.67. The lowest BCUT2D eigenvalue weighted by Crippen LogP contribution is -1.96. The zero-order chi connectivity index (χ0) is 10.1. The molecule has 6 nitrogen and oxygen atoms in total. The van der Waals surface area contributed by atoms with Crippen LogP contribution in [0.2, 0.25) is 0 Å². The molecule has 0 saturated carbocycles. The molecule has 0 amide bonds. The third kappa shape index (κ3) is 2.39. The first-order valence-electron chi connectivity index (χ1n) is 3.16. The minimum atomic E-state index is -3.86. The molecule has 0 bridgehead atoms. The summed E-state index contributed by atoms with van der Waals surface area (Å²) in [7, 11) is -3.86. The molecule has 0 spiro atoms. The van der Waals surface area contributed by atoms with Crippen molar-refractivity contribution in [3.63, 3.8) is 0 Å². The predicted octanol–water partition coefficient (Wildman–Crippen LogP) is 2.18. The summed E-state index contributed by atoms with van der Waals surface area (Å²) in [6.45, 7) is 0. The van der Waals surface area contributed by atoms with E-state index in [9.17, 15) is 10.1 Å². The van der Waals surface area contributed by atoms with E-state index in [-0.39, 0.29) is 10.6 Å². The second kappa shape index (κ2) is 3.30. The summed E-state index contributed by atoms with van der Waals surface area (Å²) < 4.78 is 26.3. The molecule has 0 atom stereocenters. The summed E-state index contributed by atoms with van der Waals surface area (Å²) in [4.78, 5) is 9.30. The number of nitro benzene ring substituents is 1. The van der Waals surface area contributed by atoms with Crippen molar-refractivity contribution < 1.29 is 18.6 Å². The topological polar surface area (TPSA) is 104 Å². The molecule has 13 heavy (non-hydrogen) atoms. The van der Waals surface area contributed by atoms with E-state index in [2.05, 4.69) is 0 Å². The van der Waals surface area contributed by atoms with Crippen LogP contribution in [-0.2, 0) is 0 Å². The van der Waals surface area contributed by atoms with E-state index in [0.717, 1.165) is 6.07 Å². The Labute approximate surface area is 75.2 Å². The Morgan fingerprint density at radius 2 is 1.92 bits per heavy atom. The molecule has 1 rings (SSSR count). The number of benzene rings is 1. The van der Waals surface area contributed by atoms with Gasteiger partial charge in [0, 0.05) is 12.1 Å². The quantitative estimate of drug-likeness (QED) is 0.507. The van der Waals surface area contributed by atoms with Gasteiger partial charge < -0.3 is 13.7 Å². The second-order valence-corrected chi connectivity index (χ2v) is 3.78. The Bertz CT molecular complexity index is 334. The lowest BCUT2D eigenvalue weighted by Gasteiger charge is -2.18. The first kappa shape index (κ1) is 9.93. The van der Waals surface area contributed by atoms with Gasteiger partial charge in [0.15, 0.2) is 0 Å². The van der Waals surface area contributed by atoms with Crippen LogP contribution in [0.15, 0.2) is 29.2 Å². The van der Waals surface area contributed by atoms with Crippen LogP contribution in [0.3, 0.4) is 0 Å². The molecule has 0 aromatic heterocycles. The summed E-state index contributed by atoms with van der Waals surface area (Å²) in [5, 5.41) is 10.3. The third-order valence-electron chi connectivity index (χ3n) is 1.34. The fourth-order valence-corrected chi connectivity index (χ4v) is 1.31. The molecule has 0 aliphatic rings. The van der Waals surface area contributed by atoms with Crippen molar-refractivity contribution in [1.29, 1.82) is 0 Å². The van der Waals surface area contributed by atoms with Gasteiger partial charge in [-0.05, 0) is 6.07 Å². The normalized spacial score (nSPS) is 12.5. The molecule has 0 unspecified atom stereocenters. The summed E-state index contributed by atoms with van der Waals surface area (Å²) in [6, 6.07) is 4.56. The molecular weight excluding hydrogens is 198 g/mol. The van der Waals surface area contributed by atoms with E-state index in [0.29, 0.717) is 0 Å². The maximum atomic E-state index is 10.3. The standard InChI is InChI=1S/C6H7NO5S/c8-7(9)5-2-1-3-6(4-5)13(10,11)12/h1-4,10-12H. The van der Waals surface area contributed by atoms with Gasteiger partial charge >= 0.3 is 0 Å². The molecule has 7 heteroatoms. The fourth-order valence-electron chi connectivity index (χ4n) is 0.767. The monoisotopic (exact) mass is 205 g/mol. The number of rotatable bonds is 2. The van der Waals surface area contributed by atoms with Crippen LogP contribution in [-0.4, -0.2) is 18.6 Å². The molecule has 72 valence electrons. The van der Waals surface area contributed by atoms with Crippen LogP contribution in [0.5, 0.6) is 0 Å².